The molecule has 2 bridgehead atoms. The van der Waals surface area contributed by atoms with Crippen LogP contribution >= 0.6 is 11.6 Å². The zero-order valence-electron chi connectivity index (χ0n) is 33.7. The Kier molecular flexibility index (Phi) is 10.1. The van der Waals surface area contributed by atoms with Gasteiger partial charge in [0.1, 0.15) is 0 Å². The third kappa shape index (κ3) is 6.86. The number of methoxy groups -OCH3 is 1. The number of hydrogen-bond donors (Lipinski definition) is 2. The Morgan fingerprint density at radius 3 is 2.48 bits per heavy atom. The monoisotopic (exact) mass is 805 g/mol. The molecular formula is C45H52ClN7O5. The van der Waals surface area contributed by atoms with E-state index in [2.05, 4.69) is 21.2 Å². The number of nitrogens with one attached hydrogen (secondary N) is 1. The number of carboxylic acids is 1. The molecule has 0 unspecified atom stereocenters. The van der Waals surface area contributed by atoms with Crippen molar-refractivity contribution in [3.8, 4) is 28.3 Å². The number of benzene rings is 2. The van der Waals surface area contributed by atoms with Crippen LogP contribution in [0.2, 0.25) is 5.02 Å². The first-order chi connectivity index (χ1) is 28.0. The summed E-state index contributed by atoms with van der Waals surface area (Å²) in [4.78, 5) is 54.4. The largest absolute Gasteiger partial charge is 0.481 e. The predicted octanol–water partition coefficient (Wildman–Crippen LogP) is 6.51. The number of amides is 2. The lowest BCUT2D eigenvalue weighted by atomic mass is 9.80. The highest BCUT2D eigenvalue weighted by Crippen LogP contribution is 2.63. The summed E-state index contributed by atoms with van der Waals surface area (Å²) in [5.41, 5.74) is 8.06. The zero-order valence-corrected chi connectivity index (χ0v) is 34.4. The van der Waals surface area contributed by atoms with Gasteiger partial charge in [-0.1, -0.05) is 48.0 Å². The van der Waals surface area contributed by atoms with Crippen LogP contribution in [-0.2, 0) is 42.6 Å². The topological polar surface area (TPSA) is 133 Å². The molecule has 1 saturated heterocycles. The van der Waals surface area contributed by atoms with Crippen molar-refractivity contribution in [1.82, 2.24) is 29.7 Å². The molecule has 2 N–H and O–H groups in total. The molecule has 2 aliphatic carbocycles. The lowest BCUT2D eigenvalue weighted by Gasteiger charge is -2.32. The van der Waals surface area contributed by atoms with Gasteiger partial charge >= 0.3 is 5.97 Å². The molecule has 2 amide bonds. The van der Waals surface area contributed by atoms with Crippen LogP contribution in [-0.4, -0.2) is 93.1 Å². The second kappa shape index (κ2) is 15.1. The SMILES string of the molecule is COc1nc(-c2cccc(-c3cccc4c3CCN4C(=O)c3nc4c(n3C)CCN(CCC35CCC(C(=O)O)(CC3)C5)C4)c2Cl)ccc1CN1CC[C@H](NC(C)=O)C1. The van der Waals surface area contributed by atoms with Crippen LogP contribution in [0.15, 0.2) is 48.5 Å². The van der Waals surface area contributed by atoms with Crippen LogP contribution in [0.25, 0.3) is 22.4 Å². The molecule has 2 saturated carbocycles. The van der Waals surface area contributed by atoms with E-state index in [1.54, 1.807) is 14.0 Å². The fourth-order valence-electron chi connectivity index (χ4n) is 10.8. The summed E-state index contributed by atoms with van der Waals surface area (Å²) >= 11 is 7.25. The van der Waals surface area contributed by atoms with E-state index < -0.39 is 11.4 Å². The molecule has 13 heteroatoms. The summed E-state index contributed by atoms with van der Waals surface area (Å²) < 4.78 is 7.76. The Labute approximate surface area is 344 Å². The zero-order chi connectivity index (χ0) is 40.3. The number of aliphatic carboxylic acids is 1. The van der Waals surface area contributed by atoms with Gasteiger partial charge in [-0.3, -0.25) is 24.2 Å². The molecule has 12 nitrogen and oxygen atoms in total. The van der Waals surface area contributed by atoms with Crippen molar-refractivity contribution in [2.24, 2.45) is 17.9 Å². The van der Waals surface area contributed by atoms with Crippen molar-refractivity contribution in [3.63, 3.8) is 0 Å². The second-order valence-electron chi connectivity index (χ2n) is 17.4. The highest BCUT2D eigenvalue weighted by molar-refractivity contribution is 6.36. The maximum atomic E-state index is 14.3. The van der Waals surface area contributed by atoms with Gasteiger partial charge in [0.05, 0.1) is 28.9 Å². The van der Waals surface area contributed by atoms with E-state index in [0.717, 1.165) is 122 Å². The number of imidazole rings is 1. The maximum absolute atomic E-state index is 14.3. The number of carbonyl (C=O) groups excluding carboxylic acids is 2. The number of aromatic nitrogens is 3. The number of hydrogen-bond acceptors (Lipinski definition) is 8. The van der Waals surface area contributed by atoms with Gasteiger partial charge in [0.15, 0.2) is 5.82 Å². The minimum atomic E-state index is -0.610. The molecule has 5 heterocycles. The average Bonchev–Trinajstić information content (AvgIpc) is 4.06. The Bertz CT molecular complexity index is 2300. The molecule has 0 spiro atoms. The van der Waals surface area contributed by atoms with E-state index in [-0.39, 0.29) is 23.3 Å². The molecule has 58 heavy (non-hydrogen) atoms. The quantitative estimate of drug-likeness (QED) is 0.174. The van der Waals surface area contributed by atoms with Gasteiger partial charge in [0.25, 0.3) is 5.91 Å². The Morgan fingerprint density at radius 1 is 0.948 bits per heavy atom. The molecule has 0 radical (unpaired) electrons. The first-order valence-corrected chi connectivity index (χ1v) is 21.1. The fourth-order valence-corrected chi connectivity index (χ4v) is 11.1. The van der Waals surface area contributed by atoms with Crippen molar-refractivity contribution < 1.29 is 24.2 Å². The summed E-state index contributed by atoms with van der Waals surface area (Å²) in [6, 6.07) is 16.3. The lowest BCUT2D eigenvalue weighted by molar-refractivity contribution is -0.148. The highest BCUT2D eigenvalue weighted by Gasteiger charge is 2.57. The van der Waals surface area contributed by atoms with Crippen LogP contribution in [0.5, 0.6) is 5.88 Å². The fraction of sp³-hybridized carbons (Fsp3) is 0.489. The van der Waals surface area contributed by atoms with Crippen LogP contribution in [0, 0.1) is 10.8 Å². The smallest absolute Gasteiger partial charge is 0.309 e. The van der Waals surface area contributed by atoms with Crippen LogP contribution < -0.4 is 15.0 Å². The number of carboxylic acid groups (broad SMARTS) is 1. The van der Waals surface area contributed by atoms with Crippen LogP contribution in [0.4, 0.5) is 5.69 Å². The molecule has 304 valence electrons. The van der Waals surface area contributed by atoms with E-state index in [9.17, 15) is 19.5 Å². The van der Waals surface area contributed by atoms with Crippen molar-refractivity contribution in [1.29, 1.82) is 0 Å². The molecular weight excluding hydrogens is 754 g/mol. The predicted molar refractivity (Wildman–Crippen MR) is 222 cm³/mol. The van der Waals surface area contributed by atoms with Crippen LogP contribution in [0.3, 0.4) is 0 Å². The molecule has 9 rings (SSSR count). The molecule has 3 fully saturated rings. The Hall–Kier alpha value is -4.78. The van der Waals surface area contributed by atoms with Gasteiger partial charge < -0.3 is 24.6 Å². The van der Waals surface area contributed by atoms with Crippen LogP contribution in [0.1, 0.15) is 85.0 Å². The third-order valence-electron chi connectivity index (χ3n) is 14.0. The standard InChI is InChI=1S/C45H52ClN7O5/c1-28(54)47-30-12-20-52(25-30)24-29-10-11-35(49-41(29)58-3)34-8-4-7-33(39(34)46)31-6-5-9-37-32(31)13-22-53(37)42(55)40-48-36-26-51(21-14-38(36)50(40)2)23-19-44-15-17-45(27-44,18-16-44)43(56)57/h4-11,30H,12-27H2,1-3H3,(H,47,54)(H,56,57)/t30-,44?,45?/m0/s1. The average molecular weight is 806 g/mol. The van der Waals surface area contributed by atoms with E-state index in [4.69, 9.17) is 26.3 Å². The molecule has 1 atom stereocenters. The van der Waals surface area contributed by atoms with Crippen molar-refractivity contribution >= 4 is 35.1 Å². The summed E-state index contributed by atoms with van der Waals surface area (Å²) in [7, 11) is 3.59. The Morgan fingerprint density at radius 2 is 1.72 bits per heavy atom. The van der Waals surface area contributed by atoms with E-state index in [0.29, 0.717) is 48.5 Å². The molecule has 2 aromatic heterocycles. The number of rotatable bonds is 11. The van der Waals surface area contributed by atoms with Crippen molar-refractivity contribution in [2.45, 2.75) is 83.8 Å². The van der Waals surface area contributed by atoms with Gasteiger partial charge in [0.2, 0.25) is 11.8 Å². The third-order valence-corrected chi connectivity index (χ3v) is 14.4. The van der Waals surface area contributed by atoms with Gasteiger partial charge in [-0.25, -0.2) is 9.97 Å². The van der Waals surface area contributed by atoms with Gasteiger partial charge in [-0.15, -0.1) is 0 Å². The maximum Gasteiger partial charge on any atom is 0.309 e. The van der Waals surface area contributed by atoms with Gasteiger partial charge in [-0.05, 0) is 86.6 Å². The number of carbonyl (C=O) groups is 3. The number of halogens is 1. The summed E-state index contributed by atoms with van der Waals surface area (Å²) in [6.07, 6.45) is 7.93. The molecule has 5 aliphatic rings. The number of pyridine rings is 1. The first-order valence-electron chi connectivity index (χ1n) is 20.7. The normalized spacial score (nSPS) is 23.9. The van der Waals surface area contributed by atoms with Gasteiger partial charge in [0, 0.05) is 93.8 Å². The highest BCUT2D eigenvalue weighted by atomic mass is 35.5. The molecule has 2 aromatic carbocycles. The summed E-state index contributed by atoms with van der Waals surface area (Å²) in [5.74, 6) is 0.291. The summed E-state index contributed by atoms with van der Waals surface area (Å²) in [6.45, 7) is 6.98. The number of likely N-dealkylation sites (tertiary alicyclic amines) is 1. The van der Waals surface area contributed by atoms with Gasteiger partial charge in [-0.2, -0.15) is 0 Å². The van der Waals surface area contributed by atoms with E-state index in [1.165, 1.54) is 0 Å². The first kappa shape index (κ1) is 38.7. The number of nitrogens with zero attached hydrogens (tertiary/aromatic N) is 6. The number of ether oxygens (including phenoxy) is 1. The van der Waals surface area contributed by atoms with E-state index in [1.807, 2.05) is 59.0 Å². The van der Waals surface area contributed by atoms with Crippen molar-refractivity contribution in [2.75, 3.05) is 44.7 Å². The minimum absolute atomic E-state index is 0.00581. The lowest BCUT2D eigenvalue weighted by Crippen LogP contribution is -2.35. The summed E-state index contributed by atoms with van der Waals surface area (Å²) in [5, 5.41) is 13.5. The molecule has 3 aliphatic heterocycles. The second-order valence-corrected chi connectivity index (χ2v) is 17.8. The van der Waals surface area contributed by atoms with Crippen molar-refractivity contribution in [3.05, 3.63) is 81.9 Å². The molecule has 4 aromatic rings. The minimum Gasteiger partial charge on any atom is -0.481 e. The van der Waals surface area contributed by atoms with E-state index >= 15 is 0 Å². The Balaban J connectivity index is 0.903. The number of fused-ring (bicyclic) bond motifs is 4. The number of anilines is 1.